The van der Waals surface area contributed by atoms with E-state index in [1.807, 2.05) is 0 Å². The second kappa shape index (κ2) is 8.37. The number of ether oxygens (including phenoxy) is 1. The van der Waals surface area contributed by atoms with Crippen LogP contribution in [-0.2, 0) is 17.1 Å². The maximum Gasteiger partial charge on any atom is 0.262 e. The van der Waals surface area contributed by atoms with Gasteiger partial charge in [0.1, 0.15) is 11.6 Å². The quantitative estimate of drug-likeness (QED) is 0.575. The van der Waals surface area contributed by atoms with E-state index >= 15 is 0 Å². The van der Waals surface area contributed by atoms with Crippen molar-refractivity contribution in [1.29, 1.82) is 0 Å². The number of sulfonamides is 1. The maximum absolute atomic E-state index is 13.4. The monoisotopic (exact) mass is 449 g/mol. The molecular formula is C21H21ClFN3O3S. The van der Waals surface area contributed by atoms with Gasteiger partial charge in [-0.1, -0.05) is 29.8 Å². The van der Waals surface area contributed by atoms with Gasteiger partial charge in [-0.3, -0.25) is 0 Å². The Kier molecular flexibility index (Phi) is 5.81. The van der Waals surface area contributed by atoms with Crippen LogP contribution in [0.1, 0.15) is 11.5 Å². The molecule has 2 heterocycles. The number of benzene rings is 2. The molecule has 9 heteroatoms. The molecule has 4 rings (SSSR count). The van der Waals surface area contributed by atoms with Gasteiger partial charge in [-0.15, -0.1) is 0 Å². The largest absolute Gasteiger partial charge is 0.493 e. The van der Waals surface area contributed by atoms with Crippen LogP contribution in [0.3, 0.4) is 0 Å². The number of aryl methyl sites for hydroxylation is 1. The minimum atomic E-state index is -3.74. The molecule has 158 valence electrons. The molecule has 0 saturated carbocycles. The van der Waals surface area contributed by atoms with Crippen molar-refractivity contribution in [1.82, 2.24) is 13.9 Å². The lowest BCUT2D eigenvalue weighted by Gasteiger charge is -2.19. The lowest BCUT2D eigenvalue weighted by molar-refractivity contribution is 0.244. The average Bonchev–Trinajstić information content (AvgIpc) is 3.34. The summed E-state index contributed by atoms with van der Waals surface area (Å²) in [6.07, 6.45) is 2.94. The van der Waals surface area contributed by atoms with Crippen LogP contribution in [-0.4, -0.2) is 42.0 Å². The van der Waals surface area contributed by atoms with E-state index in [0.717, 1.165) is 5.56 Å². The fourth-order valence-corrected chi connectivity index (χ4v) is 5.37. The molecule has 3 aromatic rings. The normalized spacial score (nSPS) is 19.8. The van der Waals surface area contributed by atoms with E-state index < -0.39 is 10.0 Å². The Bertz CT molecular complexity index is 1130. The Morgan fingerprint density at radius 2 is 1.97 bits per heavy atom. The van der Waals surface area contributed by atoms with Gasteiger partial charge in [0.25, 0.3) is 10.0 Å². The summed E-state index contributed by atoms with van der Waals surface area (Å²) in [5.74, 6) is 0.0315. The minimum Gasteiger partial charge on any atom is -0.493 e. The Morgan fingerprint density at radius 3 is 2.63 bits per heavy atom. The van der Waals surface area contributed by atoms with Crippen LogP contribution in [0.4, 0.5) is 4.39 Å². The fraction of sp³-hybridized carbons (Fsp3) is 0.286. The van der Waals surface area contributed by atoms with Crippen molar-refractivity contribution in [3.63, 3.8) is 0 Å². The molecule has 1 saturated heterocycles. The molecule has 0 bridgehead atoms. The Balaban J connectivity index is 1.59. The molecule has 0 amide bonds. The van der Waals surface area contributed by atoms with Crippen molar-refractivity contribution in [2.45, 2.75) is 10.9 Å². The number of halogens is 2. The summed E-state index contributed by atoms with van der Waals surface area (Å²) in [6, 6.07) is 13.2. The van der Waals surface area contributed by atoms with Crippen LogP contribution >= 0.6 is 11.6 Å². The van der Waals surface area contributed by atoms with E-state index in [1.165, 1.54) is 29.0 Å². The van der Waals surface area contributed by atoms with Crippen LogP contribution in [0.15, 0.2) is 66.1 Å². The maximum atomic E-state index is 13.4. The van der Waals surface area contributed by atoms with Crippen LogP contribution in [0, 0.1) is 11.7 Å². The third kappa shape index (κ3) is 4.35. The average molecular weight is 450 g/mol. The summed E-state index contributed by atoms with van der Waals surface area (Å²) in [7, 11) is -2.02. The number of aromatic nitrogens is 2. The zero-order valence-electron chi connectivity index (χ0n) is 16.3. The summed E-state index contributed by atoms with van der Waals surface area (Å²) in [5, 5.41) is 0.577. The lowest BCUT2D eigenvalue weighted by Crippen LogP contribution is -2.30. The third-order valence-corrected chi connectivity index (χ3v) is 7.20. The van der Waals surface area contributed by atoms with Gasteiger partial charge >= 0.3 is 0 Å². The van der Waals surface area contributed by atoms with E-state index in [2.05, 4.69) is 4.98 Å². The van der Waals surface area contributed by atoms with E-state index in [0.29, 0.717) is 17.4 Å². The number of hydrogen-bond acceptors (Lipinski definition) is 4. The minimum absolute atomic E-state index is 0.0132. The van der Waals surface area contributed by atoms with Gasteiger partial charge in [-0.25, -0.2) is 17.8 Å². The molecule has 1 aliphatic heterocycles. The van der Waals surface area contributed by atoms with Gasteiger partial charge in [0.05, 0.1) is 12.9 Å². The van der Waals surface area contributed by atoms with Gasteiger partial charge in [0.15, 0.2) is 5.03 Å². The van der Waals surface area contributed by atoms with Crippen LogP contribution in [0.5, 0.6) is 5.75 Å². The summed E-state index contributed by atoms with van der Waals surface area (Å²) in [4.78, 5) is 4.01. The van der Waals surface area contributed by atoms with Gasteiger partial charge in [-0.2, -0.15) is 4.31 Å². The molecule has 0 aliphatic carbocycles. The highest BCUT2D eigenvalue weighted by Crippen LogP contribution is 2.36. The van der Waals surface area contributed by atoms with Crippen molar-refractivity contribution in [3.05, 3.63) is 77.5 Å². The highest BCUT2D eigenvalue weighted by molar-refractivity contribution is 7.89. The van der Waals surface area contributed by atoms with Crippen LogP contribution in [0.25, 0.3) is 0 Å². The number of imidazole rings is 1. The second-order valence-corrected chi connectivity index (χ2v) is 9.71. The van der Waals surface area contributed by atoms with Crippen LogP contribution in [0.2, 0.25) is 5.02 Å². The molecule has 0 N–H and O–H groups in total. The van der Waals surface area contributed by atoms with E-state index in [9.17, 15) is 12.8 Å². The highest BCUT2D eigenvalue weighted by atomic mass is 35.5. The van der Waals surface area contributed by atoms with Gasteiger partial charge in [-0.05, 0) is 35.9 Å². The number of nitrogens with zero attached hydrogens (tertiary/aromatic N) is 3. The Morgan fingerprint density at radius 1 is 1.20 bits per heavy atom. The molecule has 0 spiro atoms. The smallest absolute Gasteiger partial charge is 0.262 e. The van der Waals surface area contributed by atoms with Gasteiger partial charge < -0.3 is 9.30 Å². The first kappa shape index (κ1) is 20.8. The van der Waals surface area contributed by atoms with Crippen molar-refractivity contribution >= 4 is 21.6 Å². The topological polar surface area (TPSA) is 64.4 Å². The molecule has 1 fully saturated rings. The second-order valence-electron chi connectivity index (χ2n) is 7.39. The van der Waals surface area contributed by atoms with E-state index in [-0.39, 0.29) is 35.8 Å². The van der Waals surface area contributed by atoms with Gasteiger partial charge in [0.2, 0.25) is 0 Å². The Labute approximate surface area is 179 Å². The molecule has 1 aliphatic rings. The molecular weight excluding hydrogens is 429 g/mol. The molecule has 30 heavy (non-hydrogen) atoms. The predicted octanol–water partition coefficient (Wildman–Crippen LogP) is 3.70. The van der Waals surface area contributed by atoms with Crippen LogP contribution < -0.4 is 4.74 Å². The first-order chi connectivity index (χ1) is 14.3. The number of hydrogen-bond donors (Lipinski definition) is 0. The van der Waals surface area contributed by atoms with Crippen molar-refractivity contribution < 1.29 is 17.5 Å². The lowest BCUT2D eigenvalue weighted by atomic mass is 9.89. The molecule has 2 aromatic carbocycles. The molecule has 2 atom stereocenters. The van der Waals surface area contributed by atoms with E-state index in [4.69, 9.17) is 16.3 Å². The van der Waals surface area contributed by atoms with Crippen molar-refractivity contribution in [2.24, 2.45) is 13.0 Å². The van der Waals surface area contributed by atoms with Crippen molar-refractivity contribution in [2.75, 3.05) is 19.7 Å². The first-order valence-corrected chi connectivity index (χ1v) is 11.3. The third-order valence-electron chi connectivity index (χ3n) is 5.25. The standard InChI is InChI=1S/C21H21ClFN3O3S/c1-25-12-21(24-14-25)30(27,28)26-10-16(13-29-19-4-2-3-17(22)9-19)20(11-26)15-5-7-18(23)8-6-15/h2-9,12,14,16,20H,10-11,13H2,1H3/t16-,20-/m0/s1. The summed E-state index contributed by atoms with van der Waals surface area (Å²) in [5.41, 5.74) is 0.870. The molecule has 0 radical (unpaired) electrons. The fourth-order valence-electron chi connectivity index (χ4n) is 3.70. The zero-order valence-corrected chi connectivity index (χ0v) is 17.9. The Hall–Kier alpha value is -2.42. The highest BCUT2D eigenvalue weighted by Gasteiger charge is 2.41. The number of rotatable bonds is 6. The summed E-state index contributed by atoms with van der Waals surface area (Å²) < 4.78 is 48.5. The van der Waals surface area contributed by atoms with Gasteiger partial charge in [0, 0.05) is 43.2 Å². The zero-order chi connectivity index (χ0) is 21.3. The van der Waals surface area contributed by atoms with Crippen molar-refractivity contribution in [3.8, 4) is 5.75 Å². The summed E-state index contributed by atoms with van der Waals surface area (Å²) in [6.45, 7) is 0.853. The predicted molar refractivity (Wildman–Crippen MR) is 112 cm³/mol. The molecule has 0 unspecified atom stereocenters. The SMILES string of the molecule is Cn1cnc(S(=O)(=O)N2C[C@@H](COc3cccc(Cl)c3)[C@H](c3ccc(F)cc3)C2)c1. The summed E-state index contributed by atoms with van der Waals surface area (Å²) >= 11 is 6.02. The molecule has 6 nitrogen and oxygen atoms in total. The van der Waals surface area contributed by atoms with E-state index in [1.54, 1.807) is 48.0 Å². The first-order valence-electron chi connectivity index (χ1n) is 9.45. The molecule has 1 aromatic heterocycles.